The summed E-state index contributed by atoms with van der Waals surface area (Å²) in [5, 5.41) is 0.909. The zero-order valence-corrected chi connectivity index (χ0v) is 10.7. The first-order valence-corrected chi connectivity index (χ1v) is 6.26. The lowest BCUT2D eigenvalue weighted by atomic mass is 10.2. The predicted octanol–water partition coefficient (Wildman–Crippen LogP) is 2.82. The molecule has 3 aromatic rings. The minimum absolute atomic E-state index is 0.0265. The zero-order chi connectivity index (χ0) is 14.1. The fourth-order valence-corrected chi connectivity index (χ4v) is 2.33. The van der Waals surface area contributed by atoms with Gasteiger partial charge in [0, 0.05) is 29.9 Å². The van der Waals surface area contributed by atoms with Crippen LogP contribution in [0.5, 0.6) is 0 Å². The second-order valence-electron chi connectivity index (χ2n) is 4.56. The van der Waals surface area contributed by atoms with E-state index in [1.807, 2.05) is 12.1 Å². The molecule has 0 bridgehead atoms. The van der Waals surface area contributed by atoms with Crippen molar-refractivity contribution in [3.63, 3.8) is 0 Å². The van der Waals surface area contributed by atoms with Gasteiger partial charge < -0.3 is 10.3 Å². The Morgan fingerprint density at radius 1 is 1.10 bits per heavy atom. The fraction of sp³-hybridized carbons (Fsp3) is 0.133. The molecule has 1 aromatic carbocycles. The Hall–Kier alpha value is -2.27. The third-order valence-corrected chi connectivity index (χ3v) is 3.33. The highest BCUT2D eigenvalue weighted by molar-refractivity contribution is 5.80. The number of benzene rings is 1. The topological polar surface area (TPSA) is 43.8 Å². The lowest BCUT2D eigenvalue weighted by molar-refractivity contribution is 0.546. The van der Waals surface area contributed by atoms with Crippen LogP contribution in [0.2, 0.25) is 0 Å². The highest BCUT2D eigenvalue weighted by atomic mass is 19.1. The van der Waals surface area contributed by atoms with E-state index in [-0.39, 0.29) is 12.1 Å². The monoisotopic (exact) mass is 273 g/mol. The normalized spacial score (nSPS) is 11.2. The molecule has 0 amide bonds. The number of nitrogens with zero attached hydrogens (tertiary/aromatic N) is 2. The van der Waals surface area contributed by atoms with Gasteiger partial charge in [0.05, 0.1) is 6.54 Å². The predicted molar refractivity (Wildman–Crippen MR) is 73.1 cm³/mol. The number of hydrogen-bond acceptors (Lipinski definition) is 2. The van der Waals surface area contributed by atoms with Crippen LogP contribution in [0.4, 0.5) is 8.78 Å². The maximum atomic E-state index is 13.7. The first kappa shape index (κ1) is 12.7. The molecule has 2 aromatic heterocycles. The van der Waals surface area contributed by atoms with E-state index in [2.05, 4.69) is 4.98 Å². The van der Waals surface area contributed by atoms with Crippen LogP contribution in [0.3, 0.4) is 0 Å². The van der Waals surface area contributed by atoms with E-state index in [0.29, 0.717) is 12.2 Å². The van der Waals surface area contributed by atoms with Crippen LogP contribution in [0.25, 0.3) is 11.0 Å². The Kier molecular flexibility index (Phi) is 3.20. The SMILES string of the molecule is NCc1cn(Cc2c(F)cccc2F)c2ncccc12. The van der Waals surface area contributed by atoms with Gasteiger partial charge in [-0.05, 0) is 29.8 Å². The Balaban J connectivity index is 2.12. The number of fused-ring (bicyclic) bond motifs is 1. The van der Waals surface area contributed by atoms with Crippen LogP contribution in [0.15, 0.2) is 42.7 Å². The molecule has 0 aliphatic rings. The van der Waals surface area contributed by atoms with E-state index >= 15 is 0 Å². The van der Waals surface area contributed by atoms with Crippen LogP contribution in [0.1, 0.15) is 11.1 Å². The van der Waals surface area contributed by atoms with Crippen molar-refractivity contribution in [2.24, 2.45) is 5.73 Å². The van der Waals surface area contributed by atoms with Crippen LogP contribution >= 0.6 is 0 Å². The number of hydrogen-bond donors (Lipinski definition) is 1. The number of pyridine rings is 1. The molecule has 2 heterocycles. The summed E-state index contributed by atoms with van der Waals surface area (Å²) < 4.78 is 29.2. The van der Waals surface area contributed by atoms with Crippen LogP contribution in [-0.4, -0.2) is 9.55 Å². The molecule has 0 atom stereocenters. The van der Waals surface area contributed by atoms with Crippen molar-refractivity contribution in [3.05, 3.63) is 65.5 Å². The molecule has 0 aliphatic heterocycles. The Morgan fingerprint density at radius 3 is 2.55 bits per heavy atom. The maximum absolute atomic E-state index is 13.7. The van der Waals surface area contributed by atoms with Gasteiger partial charge in [-0.25, -0.2) is 13.8 Å². The van der Waals surface area contributed by atoms with Gasteiger partial charge in [0.2, 0.25) is 0 Å². The van der Waals surface area contributed by atoms with Crippen molar-refractivity contribution < 1.29 is 8.78 Å². The van der Waals surface area contributed by atoms with Gasteiger partial charge in [-0.1, -0.05) is 6.07 Å². The van der Waals surface area contributed by atoms with Gasteiger partial charge in [0.25, 0.3) is 0 Å². The van der Waals surface area contributed by atoms with E-state index in [0.717, 1.165) is 10.9 Å². The van der Waals surface area contributed by atoms with Crippen molar-refractivity contribution in [2.45, 2.75) is 13.1 Å². The third kappa shape index (κ3) is 2.06. The van der Waals surface area contributed by atoms with Crippen molar-refractivity contribution >= 4 is 11.0 Å². The number of nitrogens with two attached hydrogens (primary N) is 1. The molecular formula is C15H13F2N3. The summed E-state index contributed by atoms with van der Waals surface area (Å²) in [6.07, 6.45) is 3.44. The average Bonchev–Trinajstić information content (AvgIpc) is 2.81. The number of rotatable bonds is 3. The van der Waals surface area contributed by atoms with E-state index in [1.165, 1.54) is 18.2 Å². The van der Waals surface area contributed by atoms with Gasteiger partial charge in [-0.2, -0.15) is 0 Å². The summed E-state index contributed by atoms with van der Waals surface area (Å²) in [7, 11) is 0. The highest BCUT2D eigenvalue weighted by Crippen LogP contribution is 2.21. The molecule has 20 heavy (non-hydrogen) atoms. The quantitative estimate of drug-likeness (QED) is 0.797. The summed E-state index contributed by atoms with van der Waals surface area (Å²) in [5.41, 5.74) is 7.30. The molecule has 0 fully saturated rings. The van der Waals surface area contributed by atoms with Gasteiger partial charge >= 0.3 is 0 Å². The number of aromatic nitrogens is 2. The zero-order valence-electron chi connectivity index (χ0n) is 10.7. The minimum Gasteiger partial charge on any atom is -0.328 e. The summed E-state index contributed by atoms with van der Waals surface area (Å²) in [4.78, 5) is 4.27. The molecule has 0 aliphatic carbocycles. The molecule has 102 valence electrons. The van der Waals surface area contributed by atoms with Crippen LogP contribution in [0, 0.1) is 11.6 Å². The van der Waals surface area contributed by atoms with Gasteiger partial charge in [-0.15, -0.1) is 0 Å². The standard InChI is InChI=1S/C15H13F2N3/c16-13-4-1-5-14(17)12(13)9-20-8-10(7-18)11-3-2-6-19-15(11)20/h1-6,8H,7,9,18H2. The van der Waals surface area contributed by atoms with Crippen molar-refractivity contribution in [1.82, 2.24) is 9.55 Å². The Labute approximate surface area is 114 Å². The van der Waals surface area contributed by atoms with Gasteiger partial charge in [-0.3, -0.25) is 0 Å². The van der Waals surface area contributed by atoms with Crippen molar-refractivity contribution in [1.29, 1.82) is 0 Å². The summed E-state index contributed by atoms with van der Waals surface area (Å²) in [6, 6.07) is 7.57. The van der Waals surface area contributed by atoms with E-state index in [4.69, 9.17) is 5.73 Å². The summed E-state index contributed by atoms with van der Waals surface area (Å²) in [5.74, 6) is -1.12. The second kappa shape index (κ2) is 5.02. The molecule has 0 saturated carbocycles. The molecule has 3 nitrogen and oxygen atoms in total. The molecule has 5 heteroatoms. The molecule has 3 rings (SSSR count). The van der Waals surface area contributed by atoms with Crippen LogP contribution < -0.4 is 5.73 Å². The van der Waals surface area contributed by atoms with E-state index in [9.17, 15) is 8.78 Å². The third-order valence-electron chi connectivity index (χ3n) is 3.33. The van der Waals surface area contributed by atoms with Gasteiger partial charge in [0.1, 0.15) is 17.3 Å². The lowest BCUT2D eigenvalue weighted by Crippen LogP contribution is -2.04. The Bertz CT molecular complexity index is 745. The van der Waals surface area contributed by atoms with Crippen LogP contribution in [-0.2, 0) is 13.1 Å². The first-order valence-electron chi connectivity index (χ1n) is 6.26. The lowest BCUT2D eigenvalue weighted by Gasteiger charge is -2.07. The molecule has 0 saturated heterocycles. The minimum atomic E-state index is -0.558. The van der Waals surface area contributed by atoms with E-state index < -0.39 is 11.6 Å². The number of halogens is 2. The summed E-state index contributed by atoms with van der Waals surface area (Å²) >= 11 is 0. The van der Waals surface area contributed by atoms with E-state index in [1.54, 1.807) is 17.0 Å². The van der Waals surface area contributed by atoms with Crippen molar-refractivity contribution in [2.75, 3.05) is 0 Å². The molecular weight excluding hydrogens is 260 g/mol. The smallest absolute Gasteiger partial charge is 0.140 e. The highest BCUT2D eigenvalue weighted by Gasteiger charge is 2.13. The molecule has 0 radical (unpaired) electrons. The summed E-state index contributed by atoms with van der Waals surface area (Å²) in [6.45, 7) is 0.445. The maximum Gasteiger partial charge on any atom is 0.140 e. The fourth-order valence-electron chi connectivity index (χ4n) is 2.33. The second-order valence-corrected chi connectivity index (χ2v) is 4.56. The first-order chi connectivity index (χ1) is 9.70. The largest absolute Gasteiger partial charge is 0.328 e. The molecule has 0 unspecified atom stereocenters. The molecule has 0 spiro atoms. The molecule has 2 N–H and O–H groups in total. The van der Waals surface area contributed by atoms with Crippen molar-refractivity contribution in [3.8, 4) is 0 Å². The van der Waals surface area contributed by atoms with Gasteiger partial charge in [0.15, 0.2) is 0 Å². The Morgan fingerprint density at radius 2 is 1.85 bits per heavy atom. The average molecular weight is 273 g/mol.